The van der Waals surface area contributed by atoms with Crippen molar-refractivity contribution in [2.75, 3.05) is 0 Å². The van der Waals surface area contributed by atoms with Crippen molar-refractivity contribution in [3.05, 3.63) is 47.2 Å². The number of fused-ring (bicyclic) bond motifs is 1. The molecule has 7 heteroatoms. The number of hydrogen-bond donors (Lipinski definition) is 2. The maximum absolute atomic E-state index is 11.2. The molecule has 0 radical (unpaired) electrons. The number of rotatable bonds is 2. The Morgan fingerprint density at radius 1 is 1.09 bits per heavy atom. The first kappa shape index (κ1) is 13.9. The third-order valence-corrected chi connectivity index (χ3v) is 3.93. The van der Waals surface area contributed by atoms with Crippen LogP contribution >= 0.6 is 11.6 Å². The van der Waals surface area contributed by atoms with E-state index < -0.39 is 0 Å². The highest BCUT2D eigenvalue weighted by Gasteiger charge is 2.14. The highest BCUT2D eigenvalue weighted by molar-refractivity contribution is 6.29. The second-order valence-corrected chi connectivity index (χ2v) is 5.67. The monoisotopic (exact) mass is 325 g/mol. The maximum Gasteiger partial charge on any atom is 0.240 e. The predicted octanol–water partition coefficient (Wildman–Crippen LogP) is 2.89. The molecule has 23 heavy (non-hydrogen) atoms. The van der Waals surface area contributed by atoms with E-state index in [0.717, 1.165) is 33.7 Å². The minimum Gasteiger partial charge on any atom is -0.338 e. The Morgan fingerprint density at radius 2 is 2.00 bits per heavy atom. The Balaban J connectivity index is 1.74. The zero-order chi connectivity index (χ0) is 15.8. The zero-order valence-corrected chi connectivity index (χ0v) is 12.8. The minimum absolute atomic E-state index is 0.0479. The molecule has 0 atom stereocenters. The highest BCUT2D eigenvalue weighted by Crippen LogP contribution is 2.23. The fourth-order valence-electron chi connectivity index (χ4n) is 2.56. The molecule has 3 heterocycles. The molecule has 0 aliphatic carbocycles. The van der Waals surface area contributed by atoms with Gasteiger partial charge in [0.05, 0.1) is 16.7 Å². The van der Waals surface area contributed by atoms with Crippen molar-refractivity contribution in [2.45, 2.75) is 12.8 Å². The van der Waals surface area contributed by atoms with Crippen LogP contribution in [-0.2, 0) is 4.79 Å². The molecule has 3 aromatic rings. The fourth-order valence-corrected chi connectivity index (χ4v) is 2.73. The lowest BCUT2D eigenvalue weighted by Gasteiger charge is -2.11. The first-order valence-corrected chi connectivity index (χ1v) is 7.54. The van der Waals surface area contributed by atoms with Gasteiger partial charge in [-0.05, 0) is 29.8 Å². The number of aromatic nitrogens is 3. The summed E-state index contributed by atoms with van der Waals surface area (Å²) < 4.78 is 0. The molecule has 114 valence electrons. The van der Waals surface area contributed by atoms with Crippen molar-refractivity contribution in [1.82, 2.24) is 20.4 Å². The van der Waals surface area contributed by atoms with E-state index in [-0.39, 0.29) is 5.91 Å². The van der Waals surface area contributed by atoms with Crippen LogP contribution in [0.4, 0.5) is 0 Å². The highest BCUT2D eigenvalue weighted by atomic mass is 35.5. The van der Waals surface area contributed by atoms with Crippen LogP contribution in [0.15, 0.2) is 41.6 Å². The van der Waals surface area contributed by atoms with E-state index >= 15 is 0 Å². The van der Waals surface area contributed by atoms with Crippen LogP contribution in [0.2, 0.25) is 5.15 Å². The Morgan fingerprint density at radius 3 is 2.78 bits per heavy atom. The van der Waals surface area contributed by atoms with Crippen LogP contribution < -0.4 is 5.43 Å². The molecule has 0 unspecified atom stereocenters. The van der Waals surface area contributed by atoms with E-state index in [1.165, 1.54) is 0 Å². The third kappa shape index (κ3) is 2.68. The van der Waals surface area contributed by atoms with Gasteiger partial charge in [0.1, 0.15) is 11.0 Å². The van der Waals surface area contributed by atoms with E-state index in [2.05, 4.69) is 25.5 Å². The standard InChI is InChI=1S/C16H12ClN5O/c17-14-8-10(5-6-18-14)16-19-12-2-1-9(7-13(12)20-16)11-3-4-15(23)22-21-11/h1-2,5-8H,3-4H2,(H,19,20)(H,22,23). The zero-order valence-electron chi connectivity index (χ0n) is 12.0. The Kier molecular flexibility index (Phi) is 3.31. The minimum atomic E-state index is -0.0479. The van der Waals surface area contributed by atoms with E-state index in [9.17, 15) is 4.79 Å². The molecule has 1 aromatic carbocycles. The molecule has 0 saturated heterocycles. The Bertz CT molecular complexity index is 947. The molecule has 2 aromatic heterocycles. The van der Waals surface area contributed by atoms with Gasteiger partial charge in [-0.3, -0.25) is 4.79 Å². The van der Waals surface area contributed by atoms with Crippen molar-refractivity contribution < 1.29 is 4.79 Å². The lowest BCUT2D eigenvalue weighted by molar-refractivity contribution is -0.121. The van der Waals surface area contributed by atoms with Gasteiger partial charge in [-0.15, -0.1) is 0 Å². The number of halogens is 1. The summed E-state index contributed by atoms with van der Waals surface area (Å²) in [6.07, 6.45) is 2.74. The van der Waals surface area contributed by atoms with E-state index in [4.69, 9.17) is 11.6 Å². The summed E-state index contributed by atoms with van der Waals surface area (Å²) in [6.45, 7) is 0. The molecular weight excluding hydrogens is 314 g/mol. The maximum atomic E-state index is 11.2. The normalized spacial score (nSPS) is 14.7. The number of carbonyl (C=O) groups is 1. The molecule has 0 saturated carbocycles. The smallest absolute Gasteiger partial charge is 0.240 e. The number of hydrazone groups is 1. The summed E-state index contributed by atoms with van der Waals surface area (Å²) in [6, 6.07) is 9.51. The van der Waals surface area contributed by atoms with E-state index in [1.54, 1.807) is 12.3 Å². The number of imidazole rings is 1. The molecular formula is C16H12ClN5O. The largest absolute Gasteiger partial charge is 0.338 e. The fraction of sp³-hybridized carbons (Fsp3) is 0.125. The molecule has 0 spiro atoms. The number of pyridine rings is 1. The van der Waals surface area contributed by atoms with Crippen LogP contribution in [0.3, 0.4) is 0 Å². The van der Waals surface area contributed by atoms with E-state index in [1.807, 2.05) is 24.3 Å². The number of hydrogen-bond acceptors (Lipinski definition) is 4. The van der Waals surface area contributed by atoms with Gasteiger partial charge in [0, 0.05) is 24.6 Å². The van der Waals surface area contributed by atoms with Gasteiger partial charge in [0.15, 0.2) is 0 Å². The molecule has 2 N–H and O–H groups in total. The van der Waals surface area contributed by atoms with Gasteiger partial charge in [-0.2, -0.15) is 5.10 Å². The number of benzene rings is 1. The first-order valence-electron chi connectivity index (χ1n) is 7.16. The van der Waals surface area contributed by atoms with Gasteiger partial charge >= 0.3 is 0 Å². The van der Waals surface area contributed by atoms with Crippen molar-refractivity contribution in [2.24, 2.45) is 5.10 Å². The van der Waals surface area contributed by atoms with Crippen LogP contribution in [0.5, 0.6) is 0 Å². The summed E-state index contributed by atoms with van der Waals surface area (Å²) in [7, 11) is 0. The van der Waals surface area contributed by atoms with Crippen molar-refractivity contribution in [1.29, 1.82) is 0 Å². The average Bonchev–Trinajstić information content (AvgIpc) is 2.99. The van der Waals surface area contributed by atoms with E-state index in [0.29, 0.717) is 18.0 Å². The average molecular weight is 326 g/mol. The summed E-state index contributed by atoms with van der Waals surface area (Å²) >= 11 is 5.93. The second kappa shape index (κ2) is 5.48. The number of H-pyrrole nitrogens is 1. The topological polar surface area (TPSA) is 83.0 Å². The van der Waals surface area contributed by atoms with Gasteiger partial charge < -0.3 is 4.98 Å². The van der Waals surface area contributed by atoms with Crippen molar-refractivity contribution in [3.8, 4) is 11.4 Å². The van der Waals surface area contributed by atoms with Crippen LogP contribution in [0, 0.1) is 0 Å². The second-order valence-electron chi connectivity index (χ2n) is 5.28. The molecule has 0 bridgehead atoms. The quantitative estimate of drug-likeness (QED) is 0.711. The van der Waals surface area contributed by atoms with Crippen molar-refractivity contribution in [3.63, 3.8) is 0 Å². The van der Waals surface area contributed by atoms with Gasteiger partial charge in [-0.25, -0.2) is 15.4 Å². The Hall–Kier alpha value is -2.73. The number of nitrogens with one attached hydrogen (secondary N) is 2. The molecule has 1 aliphatic rings. The molecule has 1 aliphatic heterocycles. The van der Waals surface area contributed by atoms with Gasteiger partial charge in [-0.1, -0.05) is 17.7 Å². The third-order valence-electron chi connectivity index (χ3n) is 3.72. The first-order chi connectivity index (χ1) is 11.2. The molecule has 6 nitrogen and oxygen atoms in total. The van der Waals surface area contributed by atoms with Crippen LogP contribution in [0.1, 0.15) is 18.4 Å². The SMILES string of the molecule is O=C1CCC(c2ccc3nc(-c4ccnc(Cl)c4)[nH]c3c2)=NN1. The summed E-state index contributed by atoms with van der Waals surface area (Å²) in [5.41, 5.74) is 7.01. The lowest BCUT2D eigenvalue weighted by Crippen LogP contribution is -2.25. The Labute approximate surface area is 136 Å². The number of nitrogens with zero attached hydrogens (tertiary/aromatic N) is 3. The van der Waals surface area contributed by atoms with Gasteiger partial charge in [0.25, 0.3) is 0 Å². The number of carbonyl (C=O) groups excluding carboxylic acids is 1. The summed E-state index contributed by atoms with van der Waals surface area (Å²) in [5.74, 6) is 0.688. The number of amides is 1. The van der Waals surface area contributed by atoms with Crippen molar-refractivity contribution >= 4 is 34.3 Å². The summed E-state index contributed by atoms with van der Waals surface area (Å²) in [5, 5.41) is 4.55. The van der Waals surface area contributed by atoms with Crippen LogP contribution in [0.25, 0.3) is 22.4 Å². The molecule has 4 rings (SSSR count). The predicted molar refractivity (Wildman–Crippen MR) is 88.2 cm³/mol. The molecule has 1 amide bonds. The number of aromatic amines is 1. The summed E-state index contributed by atoms with van der Waals surface area (Å²) in [4.78, 5) is 23.0. The van der Waals surface area contributed by atoms with Crippen LogP contribution in [-0.4, -0.2) is 26.6 Å². The van der Waals surface area contributed by atoms with Gasteiger partial charge in [0.2, 0.25) is 5.91 Å². The molecule has 0 fully saturated rings. The lowest BCUT2D eigenvalue weighted by atomic mass is 10.0.